The van der Waals surface area contributed by atoms with Crippen molar-refractivity contribution in [2.24, 2.45) is 0 Å². The van der Waals surface area contributed by atoms with E-state index in [9.17, 15) is 9.18 Å². The van der Waals surface area contributed by atoms with Gasteiger partial charge in [0, 0.05) is 55.4 Å². The van der Waals surface area contributed by atoms with Crippen LogP contribution < -0.4 is 14.5 Å². The third-order valence-electron chi connectivity index (χ3n) is 7.13. The maximum atomic E-state index is 14.1. The fourth-order valence-corrected chi connectivity index (χ4v) is 5.14. The summed E-state index contributed by atoms with van der Waals surface area (Å²) in [5, 5.41) is 1.10. The van der Waals surface area contributed by atoms with E-state index in [1.165, 1.54) is 11.6 Å². The Morgan fingerprint density at radius 1 is 0.917 bits per heavy atom. The minimum atomic E-state index is -0.224. The largest absolute Gasteiger partial charge is 0.497 e. The molecular weight excluding hydrogens is 455 g/mol. The number of pyridine rings is 1. The number of amides is 1. The van der Waals surface area contributed by atoms with Crippen LogP contribution in [-0.2, 0) is 6.42 Å². The Balaban J connectivity index is 1.16. The van der Waals surface area contributed by atoms with Crippen molar-refractivity contribution in [1.29, 1.82) is 0 Å². The first kappa shape index (κ1) is 22.3. The average Bonchev–Trinajstić information content (AvgIpc) is 3.34. The number of hydrogen-bond donors (Lipinski definition) is 0. The van der Waals surface area contributed by atoms with Gasteiger partial charge in [-0.1, -0.05) is 12.1 Å². The molecule has 6 nitrogen and oxygen atoms in total. The predicted octanol–water partition coefficient (Wildman–Crippen LogP) is 5.04. The second-order valence-corrected chi connectivity index (χ2v) is 9.21. The number of ether oxygens (including phenoxy) is 1. The van der Waals surface area contributed by atoms with E-state index < -0.39 is 0 Å². The molecule has 0 spiro atoms. The van der Waals surface area contributed by atoms with E-state index in [1.807, 2.05) is 58.3 Å². The minimum Gasteiger partial charge on any atom is -0.497 e. The van der Waals surface area contributed by atoms with Crippen LogP contribution in [0.5, 0.6) is 5.75 Å². The number of carbonyl (C=O) groups excluding carboxylic acids is 1. The van der Waals surface area contributed by atoms with E-state index in [0.717, 1.165) is 41.1 Å². The van der Waals surface area contributed by atoms with Crippen LogP contribution in [0.1, 0.15) is 15.9 Å². The highest BCUT2D eigenvalue weighted by atomic mass is 19.1. The molecule has 1 fully saturated rings. The highest BCUT2D eigenvalue weighted by Gasteiger charge is 2.25. The van der Waals surface area contributed by atoms with Crippen molar-refractivity contribution in [2.75, 3.05) is 49.6 Å². The molecule has 182 valence electrons. The molecule has 0 aliphatic carbocycles. The molecule has 1 amide bonds. The van der Waals surface area contributed by atoms with Gasteiger partial charge in [0.15, 0.2) is 0 Å². The molecule has 4 aromatic rings. The maximum absolute atomic E-state index is 14.1. The predicted molar refractivity (Wildman–Crippen MR) is 140 cm³/mol. The zero-order chi connectivity index (χ0) is 24.6. The average molecular weight is 483 g/mol. The van der Waals surface area contributed by atoms with E-state index in [2.05, 4.69) is 11.0 Å². The van der Waals surface area contributed by atoms with Gasteiger partial charge < -0.3 is 19.4 Å². The number of hydrogen-bond acceptors (Lipinski definition) is 5. The number of halogens is 1. The lowest BCUT2D eigenvalue weighted by Crippen LogP contribution is -2.49. The number of aromatic nitrogens is 1. The fraction of sp³-hybridized carbons (Fsp3) is 0.241. The van der Waals surface area contributed by atoms with Gasteiger partial charge in [-0.25, -0.2) is 9.37 Å². The lowest BCUT2D eigenvalue weighted by molar-refractivity contribution is 0.0746. The van der Waals surface area contributed by atoms with E-state index >= 15 is 0 Å². The molecule has 3 heterocycles. The molecule has 0 N–H and O–H groups in total. The number of methoxy groups -OCH3 is 1. The van der Waals surface area contributed by atoms with Crippen LogP contribution >= 0.6 is 0 Å². The molecule has 1 aromatic heterocycles. The molecule has 36 heavy (non-hydrogen) atoms. The molecule has 0 saturated carbocycles. The van der Waals surface area contributed by atoms with E-state index in [1.54, 1.807) is 19.2 Å². The quantitative estimate of drug-likeness (QED) is 0.408. The number of benzene rings is 3. The summed E-state index contributed by atoms with van der Waals surface area (Å²) in [6, 6.07) is 22.7. The number of piperazine rings is 1. The van der Waals surface area contributed by atoms with Gasteiger partial charge in [-0.15, -0.1) is 0 Å². The van der Waals surface area contributed by atoms with Gasteiger partial charge in [-0.3, -0.25) is 4.79 Å². The van der Waals surface area contributed by atoms with E-state index in [-0.39, 0.29) is 11.7 Å². The summed E-state index contributed by atoms with van der Waals surface area (Å²) in [4.78, 5) is 24.1. The van der Waals surface area contributed by atoms with Gasteiger partial charge in [0.2, 0.25) is 0 Å². The molecule has 0 atom stereocenters. The second kappa shape index (κ2) is 9.15. The zero-order valence-corrected chi connectivity index (χ0v) is 20.2. The first-order chi connectivity index (χ1) is 17.6. The van der Waals surface area contributed by atoms with Gasteiger partial charge in [-0.05, 0) is 66.6 Å². The summed E-state index contributed by atoms with van der Waals surface area (Å²) < 4.78 is 19.5. The number of rotatable bonds is 4. The lowest BCUT2D eigenvalue weighted by atomic mass is 10.1. The Kier molecular flexibility index (Phi) is 5.68. The Bertz CT molecular complexity index is 1430. The first-order valence-electron chi connectivity index (χ1n) is 12.2. The molecule has 6 rings (SSSR count). The van der Waals surface area contributed by atoms with Crippen LogP contribution in [0.4, 0.5) is 21.6 Å². The Hall–Kier alpha value is -4.13. The molecule has 0 bridgehead atoms. The molecule has 0 radical (unpaired) electrons. The van der Waals surface area contributed by atoms with Gasteiger partial charge >= 0.3 is 0 Å². The number of carbonyl (C=O) groups is 1. The molecule has 2 aliphatic heterocycles. The summed E-state index contributed by atoms with van der Waals surface area (Å²) >= 11 is 0. The summed E-state index contributed by atoms with van der Waals surface area (Å²) in [5.41, 5.74) is 4.40. The number of para-hydroxylation sites is 1. The number of anilines is 3. The first-order valence-corrected chi connectivity index (χ1v) is 12.2. The number of fused-ring (bicyclic) bond motifs is 2. The topological polar surface area (TPSA) is 48.9 Å². The Labute approximate surface area is 209 Å². The van der Waals surface area contributed by atoms with Crippen LogP contribution in [0.2, 0.25) is 0 Å². The molecule has 0 unspecified atom stereocenters. The number of nitrogens with zero attached hydrogens (tertiary/aromatic N) is 4. The third-order valence-corrected chi connectivity index (χ3v) is 7.13. The molecular formula is C29H27FN4O2. The van der Waals surface area contributed by atoms with Crippen molar-refractivity contribution in [2.45, 2.75) is 6.42 Å². The SMILES string of the molecule is COc1ccc2cc3c(nc2c1)N(c1ccc(C(=O)N2CCN(c4ccccc4F)CC2)cc1)CC3. The smallest absolute Gasteiger partial charge is 0.253 e. The van der Waals surface area contributed by atoms with Crippen molar-refractivity contribution in [3.8, 4) is 5.75 Å². The Morgan fingerprint density at radius 3 is 2.44 bits per heavy atom. The van der Waals surface area contributed by atoms with E-state index in [4.69, 9.17) is 9.72 Å². The highest BCUT2D eigenvalue weighted by molar-refractivity contribution is 5.95. The highest BCUT2D eigenvalue weighted by Crippen LogP contribution is 2.35. The Morgan fingerprint density at radius 2 is 1.69 bits per heavy atom. The fourth-order valence-electron chi connectivity index (χ4n) is 5.14. The van der Waals surface area contributed by atoms with Crippen LogP contribution in [0, 0.1) is 5.82 Å². The maximum Gasteiger partial charge on any atom is 0.253 e. The standard InChI is InChI=1S/C29H27FN4O2/c1-36-24-11-8-21-18-22-12-13-34(28(22)31-26(21)19-24)23-9-6-20(7-10-23)29(35)33-16-14-32(15-17-33)27-5-3-2-4-25(27)30/h2-11,18-19H,12-17H2,1H3. The van der Waals surface area contributed by atoms with Crippen molar-refractivity contribution < 1.29 is 13.9 Å². The third kappa shape index (κ3) is 4.00. The molecule has 2 aliphatic rings. The monoisotopic (exact) mass is 482 g/mol. The zero-order valence-electron chi connectivity index (χ0n) is 20.2. The molecule has 7 heteroatoms. The van der Waals surface area contributed by atoms with Crippen LogP contribution in [0.3, 0.4) is 0 Å². The van der Waals surface area contributed by atoms with Crippen LogP contribution in [0.25, 0.3) is 10.9 Å². The summed E-state index contributed by atoms with van der Waals surface area (Å²) in [7, 11) is 1.66. The normalized spacial score (nSPS) is 15.3. The molecule has 1 saturated heterocycles. The van der Waals surface area contributed by atoms with Crippen molar-refractivity contribution in [3.05, 3.63) is 89.7 Å². The summed E-state index contributed by atoms with van der Waals surface area (Å²) in [5.74, 6) is 1.53. The van der Waals surface area contributed by atoms with Crippen molar-refractivity contribution in [1.82, 2.24) is 9.88 Å². The van der Waals surface area contributed by atoms with Gasteiger partial charge in [0.1, 0.15) is 17.4 Å². The summed E-state index contributed by atoms with van der Waals surface area (Å²) in [6.45, 7) is 3.20. The van der Waals surface area contributed by atoms with Crippen molar-refractivity contribution >= 4 is 34.0 Å². The molecule has 3 aromatic carbocycles. The van der Waals surface area contributed by atoms with Gasteiger partial charge in [-0.2, -0.15) is 0 Å². The van der Waals surface area contributed by atoms with Crippen LogP contribution in [0.15, 0.2) is 72.8 Å². The van der Waals surface area contributed by atoms with Gasteiger partial charge in [0.05, 0.1) is 18.3 Å². The van der Waals surface area contributed by atoms with Gasteiger partial charge in [0.25, 0.3) is 5.91 Å². The van der Waals surface area contributed by atoms with Crippen LogP contribution in [-0.4, -0.2) is 55.6 Å². The lowest BCUT2D eigenvalue weighted by Gasteiger charge is -2.36. The summed E-state index contributed by atoms with van der Waals surface area (Å²) in [6.07, 6.45) is 0.928. The minimum absolute atomic E-state index is 0.00719. The van der Waals surface area contributed by atoms with E-state index in [0.29, 0.717) is 37.4 Å². The second-order valence-electron chi connectivity index (χ2n) is 9.21. The van der Waals surface area contributed by atoms with Crippen molar-refractivity contribution in [3.63, 3.8) is 0 Å².